The van der Waals surface area contributed by atoms with Crippen LogP contribution in [0.2, 0.25) is 0 Å². The van der Waals surface area contributed by atoms with Crippen LogP contribution >= 0.6 is 0 Å². The second-order valence-electron chi connectivity index (χ2n) is 5.39. The van der Waals surface area contributed by atoms with Crippen LogP contribution in [-0.4, -0.2) is 50.5 Å². The van der Waals surface area contributed by atoms with Gasteiger partial charge in [0.2, 0.25) is 0 Å². The number of hydrogen-bond acceptors (Lipinski definition) is 5. The molecule has 0 aromatic carbocycles. The van der Waals surface area contributed by atoms with Gasteiger partial charge >= 0.3 is 0 Å². The van der Waals surface area contributed by atoms with Gasteiger partial charge in [0.25, 0.3) is 0 Å². The largest absolute Gasteiger partial charge is 0.381 e. The molecule has 20 heavy (non-hydrogen) atoms. The maximum absolute atomic E-state index is 5.49. The van der Waals surface area contributed by atoms with Gasteiger partial charge in [0.05, 0.1) is 25.1 Å². The average molecular weight is 277 g/mol. The van der Waals surface area contributed by atoms with E-state index >= 15 is 0 Å². The highest BCUT2D eigenvalue weighted by Gasteiger charge is 2.14. The summed E-state index contributed by atoms with van der Waals surface area (Å²) in [4.78, 5) is 6.84. The third kappa shape index (κ3) is 3.61. The third-order valence-electron chi connectivity index (χ3n) is 3.91. The Morgan fingerprint density at radius 3 is 2.70 bits per heavy atom. The van der Waals surface area contributed by atoms with Crippen LogP contribution in [0.4, 0.5) is 11.5 Å². The summed E-state index contributed by atoms with van der Waals surface area (Å²) in [6.07, 6.45) is 5.32. The van der Waals surface area contributed by atoms with Crippen LogP contribution in [0, 0.1) is 0 Å². The molecule has 1 atom stereocenters. The van der Waals surface area contributed by atoms with Gasteiger partial charge in [-0.05, 0) is 31.4 Å². The van der Waals surface area contributed by atoms with Crippen LogP contribution in [0.25, 0.3) is 0 Å². The highest BCUT2D eigenvalue weighted by atomic mass is 16.5. The molecule has 1 aromatic rings. The minimum Gasteiger partial charge on any atom is -0.381 e. The number of morpholine rings is 1. The first kappa shape index (κ1) is 13.6. The molecule has 1 aromatic heterocycles. The van der Waals surface area contributed by atoms with E-state index in [9.17, 15) is 0 Å². The third-order valence-corrected chi connectivity index (χ3v) is 3.91. The summed E-state index contributed by atoms with van der Waals surface area (Å²) in [5.41, 5.74) is 1.11. The summed E-state index contributed by atoms with van der Waals surface area (Å²) in [6.45, 7) is 5.20. The molecule has 0 radical (unpaired) electrons. The van der Waals surface area contributed by atoms with Gasteiger partial charge in [-0.2, -0.15) is 0 Å². The molecule has 1 unspecified atom stereocenters. The molecule has 2 saturated heterocycles. The molecule has 3 rings (SSSR count). The van der Waals surface area contributed by atoms with Crippen LogP contribution in [0.1, 0.15) is 19.3 Å². The molecule has 0 aliphatic carbocycles. The summed E-state index contributed by atoms with van der Waals surface area (Å²) < 4.78 is 10.9. The maximum Gasteiger partial charge on any atom is 0.128 e. The summed E-state index contributed by atoms with van der Waals surface area (Å²) >= 11 is 0. The fraction of sp³-hybridized carbons (Fsp3) is 0.667. The standard InChI is InChI=1S/C15H23N3O2/c1-2-13(5-9-19-8-1)17-14-3-4-15(16-12-14)18-6-10-20-11-7-18/h3-4,12-13,17H,1-2,5-11H2. The first-order valence-corrected chi connectivity index (χ1v) is 7.55. The monoisotopic (exact) mass is 277 g/mol. The van der Waals surface area contributed by atoms with Crippen LogP contribution in [0.3, 0.4) is 0 Å². The Bertz CT molecular complexity index is 396. The van der Waals surface area contributed by atoms with Crippen LogP contribution in [0.15, 0.2) is 18.3 Å². The Balaban J connectivity index is 1.57. The van der Waals surface area contributed by atoms with E-state index < -0.39 is 0 Å². The quantitative estimate of drug-likeness (QED) is 0.914. The van der Waals surface area contributed by atoms with Gasteiger partial charge in [0, 0.05) is 32.3 Å². The topological polar surface area (TPSA) is 46.6 Å². The van der Waals surface area contributed by atoms with Crippen molar-refractivity contribution >= 4 is 11.5 Å². The molecule has 0 spiro atoms. The molecule has 2 aliphatic rings. The van der Waals surface area contributed by atoms with E-state index in [4.69, 9.17) is 9.47 Å². The van der Waals surface area contributed by atoms with E-state index in [0.717, 1.165) is 63.9 Å². The number of ether oxygens (including phenoxy) is 2. The molecule has 0 saturated carbocycles. The molecule has 3 heterocycles. The molecule has 5 heteroatoms. The predicted molar refractivity (Wildman–Crippen MR) is 79.3 cm³/mol. The lowest BCUT2D eigenvalue weighted by Gasteiger charge is -2.28. The molecule has 5 nitrogen and oxygen atoms in total. The highest BCUT2D eigenvalue weighted by molar-refractivity contribution is 5.49. The summed E-state index contributed by atoms with van der Waals surface area (Å²) in [7, 11) is 0. The molecule has 0 bridgehead atoms. The van der Waals surface area contributed by atoms with E-state index in [1.807, 2.05) is 6.20 Å². The second kappa shape index (κ2) is 6.90. The van der Waals surface area contributed by atoms with Gasteiger partial charge in [0.15, 0.2) is 0 Å². The molecular formula is C15H23N3O2. The molecule has 2 aliphatic heterocycles. The van der Waals surface area contributed by atoms with Crippen molar-refractivity contribution in [1.29, 1.82) is 0 Å². The van der Waals surface area contributed by atoms with Gasteiger partial charge in [-0.15, -0.1) is 0 Å². The van der Waals surface area contributed by atoms with Crippen molar-refractivity contribution in [3.8, 4) is 0 Å². The SMILES string of the molecule is c1cc(N2CCOCC2)ncc1NC1CCCOCC1. The summed E-state index contributed by atoms with van der Waals surface area (Å²) in [5, 5.41) is 3.57. The van der Waals surface area contributed by atoms with Gasteiger partial charge in [-0.3, -0.25) is 0 Å². The van der Waals surface area contributed by atoms with E-state index in [0.29, 0.717) is 6.04 Å². The highest BCUT2D eigenvalue weighted by Crippen LogP contribution is 2.18. The number of nitrogens with one attached hydrogen (secondary N) is 1. The average Bonchev–Trinajstić information content (AvgIpc) is 2.78. The Morgan fingerprint density at radius 1 is 1.05 bits per heavy atom. The Labute approximate surface area is 120 Å². The zero-order valence-electron chi connectivity index (χ0n) is 11.9. The van der Waals surface area contributed by atoms with Crippen molar-refractivity contribution in [2.75, 3.05) is 49.7 Å². The molecule has 1 N–H and O–H groups in total. The zero-order valence-corrected chi connectivity index (χ0v) is 11.9. The first-order valence-electron chi connectivity index (χ1n) is 7.55. The fourth-order valence-corrected chi connectivity index (χ4v) is 2.73. The minimum absolute atomic E-state index is 0.508. The Hall–Kier alpha value is -1.33. The van der Waals surface area contributed by atoms with Gasteiger partial charge in [0.1, 0.15) is 5.82 Å². The lowest BCUT2D eigenvalue weighted by atomic mass is 10.1. The van der Waals surface area contributed by atoms with E-state index in [-0.39, 0.29) is 0 Å². The van der Waals surface area contributed by atoms with Crippen molar-refractivity contribution in [3.63, 3.8) is 0 Å². The van der Waals surface area contributed by atoms with Crippen molar-refractivity contribution in [1.82, 2.24) is 4.98 Å². The Kier molecular flexibility index (Phi) is 4.71. The molecule has 0 amide bonds. The van der Waals surface area contributed by atoms with Crippen LogP contribution in [-0.2, 0) is 9.47 Å². The first-order chi connectivity index (χ1) is 9.92. The summed E-state index contributed by atoms with van der Waals surface area (Å²) in [6, 6.07) is 4.73. The zero-order chi connectivity index (χ0) is 13.6. The van der Waals surface area contributed by atoms with Gasteiger partial charge in [-0.1, -0.05) is 0 Å². The predicted octanol–water partition coefficient (Wildman–Crippen LogP) is 1.90. The molecule has 110 valence electrons. The second-order valence-corrected chi connectivity index (χ2v) is 5.39. The smallest absolute Gasteiger partial charge is 0.128 e. The molecular weight excluding hydrogens is 254 g/mol. The van der Waals surface area contributed by atoms with Crippen molar-refractivity contribution in [2.24, 2.45) is 0 Å². The number of pyridine rings is 1. The fourth-order valence-electron chi connectivity index (χ4n) is 2.73. The summed E-state index contributed by atoms with van der Waals surface area (Å²) in [5.74, 6) is 1.04. The maximum atomic E-state index is 5.49. The van der Waals surface area contributed by atoms with E-state index in [2.05, 4.69) is 27.3 Å². The van der Waals surface area contributed by atoms with E-state index in [1.165, 1.54) is 6.42 Å². The number of nitrogens with zero attached hydrogens (tertiary/aromatic N) is 2. The minimum atomic E-state index is 0.508. The molecule has 2 fully saturated rings. The van der Waals surface area contributed by atoms with Gasteiger partial charge in [-0.25, -0.2) is 4.98 Å². The van der Waals surface area contributed by atoms with Crippen molar-refractivity contribution < 1.29 is 9.47 Å². The lowest BCUT2D eigenvalue weighted by Crippen LogP contribution is -2.36. The lowest BCUT2D eigenvalue weighted by molar-refractivity contribution is 0.122. The Morgan fingerprint density at radius 2 is 1.90 bits per heavy atom. The van der Waals surface area contributed by atoms with Crippen molar-refractivity contribution in [3.05, 3.63) is 18.3 Å². The number of aromatic nitrogens is 1. The number of anilines is 2. The number of hydrogen-bond donors (Lipinski definition) is 1. The van der Waals surface area contributed by atoms with Crippen molar-refractivity contribution in [2.45, 2.75) is 25.3 Å². The van der Waals surface area contributed by atoms with Crippen LogP contribution < -0.4 is 10.2 Å². The van der Waals surface area contributed by atoms with Gasteiger partial charge < -0.3 is 19.7 Å². The number of rotatable bonds is 3. The van der Waals surface area contributed by atoms with E-state index in [1.54, 1.807) is 0 Å². The normalized spacial score (nSPS) is 24.2. The van der Waals surface area contributed by atoms with Crippen LogP contribution in [0.5, 0.6) is 0 Å².